The molecule has 1 aliphatic rings. The van der Waals surface area contributed by atoms with Gasteiger partial charge in [0.15, 0.2) is 0 Å². The second-order valence-electron chi connectivity index (χ2n) is 5.96. The van der Waals surface area contributed by atoms with Gasteiger partial charge in [0.2, 0.25) is 0 Å². The second-order valence-corrected chi connectivity index (χ2v) is 5.96. The lowest BCUT2D eigenvalue weighted by molar-refractivity contribution is -0.131. The van der Waals surface area contributed by atoms with Crippen molar-refractivity contribution in [2.75, 3.05) is 0 Å². The van der Waals surface area contributed by atoms with Crippen LogP contribution in [0.4, 0.5) is 0 Å². The minimum atomic E-state index is -0.909. The number of carboxylic acid groups (broad SMARTS) is 1. The third-order valence-electron chi connectivity index (χ3n) is 3.32. The van der Waals surface area contributed by atoms with Crippen LogP contribution < -0.4 is 4.74 Å². The number of hydrogen-bond acceptors (Lipinski definition) is 2. The molecule has 0 saturated heterocycles. The molecular weight excluding hydrogens is 240 g/mol. The molecule has 1 aliphatic heterocycles. The van der Waals surface area contributed by atoms with Crippen LogP contribution in [0.25, 0.3) is 5.57 Å². The van der Waals surface area contributed by atoms with Gasteiger partial charge in [-0.15, -0.1) is 0 Å². The fourth-order valence-electron chi connectivity index (χ4n) is 2.41. The summed E-state index contributed by atoms with van der Waals surface area (Å²) in [5.74, 6) is 0.271. The lowest BCUT2D eigenvalue weighted by atomic mass is 9.87. The summed E-state index contributed by atoms with van der Waals surface area (Å²) in [4.78, 5) is 11.0. The number of rotatable bonds is 2. The monoisotopic (exact) mass is 260 g/mol. The van der Waals surface area contributed by atoms with Gasteiger partial charge in [0, 0.05) is 18.1 Å². The van der Waals surface area contributed by atoms with Crippen LogP contribution >= 0.6 is 0 Å². The molecule has 3 heteroatoms. The lowest BCUT2D eigenvalue weighted by Crippen LogP contribution is -2.32. The fourth-order valence-corrected chi connectivity index (χ4v) is 2.41. The molecule has 0 aliphatic carbocycles. The van der Waals surface area contributed by atoms with Crippen LogP contribution in [0.5, 0.6) is 5.75 Å². The van der Waals surface area contributed by atoms with Crippen LogP contribution in [0.3, 0.4) is 0 Å². The van der Waals surface area contributed by atoms with Crippen LogP contribution in [0.1, 0.15) is 51.2 Å². The van der Waals surface area contributed by atoms with Crippen LogP contribution in [0, 0.1) is 0 Å². The Bertz CT molecular complexity index is 539. The van der Waals surface area contributed by atoms with Gasteiger partial charge in [-0.1, -0.05) is 19.9 Å². The maximum atomic E-state index is 11.0. The summed E-state index contributed by atoms with van der Waals surface area (Å²) >= 11 is 0. The molecule has 1 N–H and O–H groups in total. The molecule has 3 nitrogen and oxygen atoms in total. The molecule has 1 heterocycles. The molecule has 2 rings (SSSR count). The Labute approximate surface area is 113 Å². The van der Waals surface area contributed by atoms with E-state index in [1.807, 2.05) is 32.0 Å². The highest BCUT2D eigenvalue weighted by molar-refractivity contribution is 5.91. The molecule has 0 aromatic heterocycles. The molecular formula is C16H20O3. The number of aliphatic carboxylic acids is 1. The molecule has 1 aromatic carbocycles. The molecule has 19 heavy (non-hydrogen) atoms. The van der Waals surface area contributed by atoms with Crippen molar-refractivity contribution in [1.82, 2.24) is 0 Å². The van der Waals surface area contributed by atoms with Crippen LogP contribution in [0.15, 0.2) is 24.3 Å². The van der Waals surface area contributed by atoms with E-state index in [0.717, 1.165) is 16.9 Å². The maximum Gasteiger partial charge on any atom is 0.328 e. The molecule has 0 fully saturated rings. The van der Waals surface area contributed by atoms with Gasteiger partial charge in [0.25, 0.3) is 0 Å². The zero-order chi connectivity index (χ0) is 14.2. The van der Waals surface area contributed by atoms with Crippen molar-refractivity contribution in [3.8, 4) is 5.75 Å². The van der Waals surface area contributed by atoms with Gasteiger partial charge in [-0.3, -0.25) is 0 Å². The van der Waals surface area contributed by atoms with E-state index in [1.165, 1.54) is 11.6 Å². The van der Waals surface area contributed by atoms with Gasteiger partial charge >= 0.3 is 5.97 Å². The zero-order valence-corrected chi connectivity index (χ0v) is 11.9. The summed E-state index contributed by atoms with van der Waals surface area (Å²) in [6, 6.07) is 6.04. The summed E-state index contributed by atoms with van der Waals surface area (Å²) in [5.41, 5.74) is 2.57. The first-order valence-electron chi connectivity index (χ1n) is 6.55. The number of benzene rings is 1. The summed E-state index contributed by atoms with van der Waals surface area (Å²) in [6.45, 7) is 8.19. The molecule has 1 aromatic rings. The number of hydrogen-bond donors (Lipinski definition) is 1. The van der Waals surface area contributed by atoms with E-state index in [4.69, 9.17) is 9.84 Å². The number of ether oxygens (including phenoxy) is 1. The highest BCUT2D eigenvalue weighted by atomic mass is 16.5. The highest BCUT2D eigenvalue weighted by Crippen LogP contribution is 2.41. The highest BCUT2D eigenvalue weighted by Gasteiger charge is 2.30. The van der Waals surface area contributed by atoms with Gasteiger partial charge in [0.1, 0.15) is 11.4 Å². The normalized spacial score (nSPS) is 19.1. The van der Waals surface area contributed by atoms with Crippen LogP contribution in [-0.4, -0.2) is 16.7 Å². The molecule has 0 bridgehead atoms. The molecule has 102 valence electrons. The van der Waals surface area contributed by atoms with Crippen molar-refractivity contribution in [3.05, 3.63) is 35.4 Å². The summed E-state index contributed by atoms with van der Waals surface area (Å²) in [5, 5.41) is 9.02. The van der Waals surface area contributed by atoms with E-state index >= 15 is 0 Å². The predicted molar refractivity (Wildman–Crippen MR) is 75.5 cm³/mol. The zero-order valence-electron chi connectivity index (χ0n) is 11.9. The Morgan fingerprint density at radius 2 is 2.11 bits per heavy atom. The quantitative estimate of drug-likeness (QED) is 0.822. The van der Waals surface area contributed by atoms with E-state index in [0.29, 0.717) is 12.3 Å². The summed E-state index contributed by atoms with van der Waals surface area (Å²) in [6.07, 6.45) is 1.90. The number of carboxylic acids is 1. The van der Waals surface area contributed by atoms with Crippen molar-refractivity contribution in [3.63, 3.8) is 0 Å². The first-order valence-corrected chi connectivity index (χ1v) is 6.55. The van der Waals surface area contributed by atoms with Crippen molar-refractivity contribution in [2.45, 2.75) is 45.6 Å². The van der Waals surface area contributed by atoms with E-state index < -0.39 is 5.97 Å². The molecule has 0 atom stereocenters. The smallest absolute Gasteiger partial charge is 0.328 e. The maximum absolute atomic E-state index is 11.0. The number of carbonyl (C=O) groups is 1. The van der Waals surface area contributed by atoms with E-state index in [1.54, 1.807) is 0 Å². The van der Waals surface area contributed by atoms with E-state index in [9.17, 15) is 4.79 Å². The summed E-state index contributed by atoms with van der Waals surface area (Å²) < 4.78 is 5.93. The molecule has 0 radical (unpaired) electrons. The molecule has 0 amide bonds. The van der Waals surface area contributed by atoms with E-state index in [2.05, 4.69) is 13.8 Å². The SMILES string of the molecule is CC(C)c1ccc2c(c1)/C(=C/C(=O)O)CC(C)(C)O2. The van der Waals surface area contributed by atoms with Crippen molar-refractivity contribution in [2.24, 2.45) is 0 Å². The average molecular weight is 260 g/mol. The first kappa shape index (κ1) is 13.7. The van der Waals surface area contributed by atoms with Crippen molar-refractivity contribution >= 4 is 11.5 Å². The second kappa shape index (κ2) is 4.72. The van der Waals surface area contributed by atoms with E-state index in [-0.39, 0.29) is 5.60 Å². The van der Waals surface area contributed by atoms with Gasteiger partial charge in [-0.05, 0) is 43.0 Å². The first-order chi connectivity index (χ1) is 8.78. The molecule has 0 spiro atoms. The van der Waals surface area contributed by atoms with Gasteiger partial charge in [-0.25, -0.2) is 4.79 Å². The number of fused-ring (bicyclic) bond motifs is 1. The van der Waals surface area contributed by atoms with Crippen molar-refractivity contribution < 1.29 is 14.6 Å². The Morgan fingerprint density at radius 3 is 2.68 bits per heavy atom. The standard InChI is InChI=1S/C16H20O3/c1-10(2)11-5-6-14-13(7-11)12(8-15(17)18)9-16(3,4)19-14/h5-8,10H,9H2,1-4H3,(H,17,18)/b12-8+. The molecule has 0 saturated carbocycles. The third kappa shape index (κ3) is 2.98. The topological polar surface area (TPSA) is 46.5 Å². The van der Waals surface area contributed by atoms with Crippen LogP contribution in [-0.2, 0) is 4.79 Å². The van der Waals surface area contributed by atoms with Gasteiger partial charge in [0.05, 0.1) is 0 Å². The largest absolute Gasteiger partial charge is 0.487 e. The minimum absolute atomic E-state index is 0.367. The van der Waals surface area contributed by atoms with Crippen molar-refractivity contribution in [1.29, 1.82) is 0 Å². The van der Waals surface area contributed by atoms with Crippen LogP contribution in [0.2, 0.25) is 0 Å². The average Bonchev–Trinajstić information content (AvgIpc) is 2.25. The summed E-state index contributed by atoms with van der Waals surface area (Å²) in [7, 11) is 0. The molecule has 0 unspecified atom stereocenters. The van der Waals surface area contributed by atoms with Gasteiger partial charge < -0.3 is 9.84 Å². The Hall–Kier alpha value is -1.77. The fraction of sp³-hybridized carbons (Fsp3) is 0.438. The Kier molecular flexibility index (Phi) is 3.40. The predicted octanol–water partition coefficient (Wildman–Crippen LogP) is 3.84. The third-order valence-corrected chi connectivity index (χ3v) is 3.32. The Morgan fingerprint density at radius 1 is 1.42 bits per heavy atom. The van der Waals surface area contributed by atoms with Gasteiger partial charge in [-0.2, -0.15) is 0 Å². The lowest BCUT2D eigenvalue weighted by Gasteiger charge is -2.34. The Balaban J connectivity index is 2.55. The minimum Gasteiger partial charge on any atom is -0.487 e.